The zero-order valence-electron chi connectivity index (χ0n) is 14.9. The highest BCUT2D eigenvalue weighted by atomic mass is 16.2. The summed E-state index contributed by atoms with van der Waals surface area (Å²) in [5, 5.41) is 2.99. The highest BCUT2D eigenvalue weighted by Gasteiger charge is 2.19. The lowest BCUT2D eigenvalue weighted by atomic mass is 10.1. The van der Waals surface area contributed by atoms with Crippen LogP contribution in [0.3, 0.4) is 0 Å². The average molecular weight is 318 g/mol. The number of hydrogen-bond donors (Lipinski definition) is 1. The van der Waals surface area contributed by atoms with Crippen molar-refractivity contribution in [2.24, 2.45) is 0 Å². The largest absolute Gasteiger partial charge is 0.334 e. The number of amides is 2. The lowest BCUT2D eigenvalue weighted by Crippen LogP contribution is -2.40. The van der Waals surface area contributed by atoms with Crippen LogP contribution in [0.25, 0.3) is 0 Å². The first kappa shape index (κ1) is 17.7. The molecule has 0 saturated carbocycles. The van der Waals surface area contributed by atoms with E-state index >= 15 is 0 Å². The van der Waals surface area contributed by atoms with Crippen LogP contribution in [0.15, 0.2) is 12.3 Å². The minimum absolute atomic E-state index is 0.0152. The number of hydrogen-bond acceptors (Lipinski definition) is 3. The predicted molar refractivity (Wildman–Crippen MR) is 93.5 cm³/mol. The Labute approximate surface area is 140 Å². The predicted octanol–water partition coefficient (Wildman–Crippen LogP) is 2.71. The van der Waals surface area contributed by atoms with Crippen molar-refractivity contribution < 1.29 is 4.79 Å². The van der Waals surface area contributed by atoms with Gasteiger partial charge in [0.1, 0.15) is 0 Å². The average Bonchev–Trinajstić information content (AvgIpc) is 3.05. The smallest absolute Gasteiger partial charge is 0.317 e. The molecule has 1 fully saturated rings. The SMILES string of the molecule is Cc1cc(C)c(CNC(=O)N(C)CC[C@@H](C)N2CCCC2)cn1. The lowest BCUT2D eigenvalue weighted by molar-refractivity contribution is 0.194. The molecule has 1 N–H and O–H groups in total. The fraction of sp³-hybridized carbons (Fsp3) is 0.667. The Hall–Kier alpha value is -1.62. The zero-order chi connectivity index (χ0) is 16.8. The number of rotatable bonds is 6. The van der Waals surface area contributed by atoms with E-state index in [-0.39, 0.29) is 6.03 Å². The van der Waals surface area contributed by atoms with Crippen molar-refractivity contribution in [3.63, 3.8) is 0 Å². The molecule has 0 spiro atoms. The number of likely N-dealkylation sites (tertiary alicyclic amines) is 1. The third kappa shape index (κ3) is 5.20. The number of aryl methyl sites for hydroxylation is 2. The number of pyridine rings is 1. The molecule has 0 radical (unpaired) electrons. The van der Waals surface area contributed by atoms with Crippen LogP contribution in [-0.2, 0) is 6.54 Å². The van der Waals surface area contributed by atoms with Gasteiger partial charge in [-0.15, -0.1) is 0 Å². The molecular weight excluding hydrogens is 288 g/mol. The van der Waals surface area contributed by atoms with E-state index in [0.717, 1.165) is 24.2 Å². The van der Waals surface area contributed by atoms with E-state index < -0.39 is 0 Å². The first-order valence-electron chi connectivity index (χ1n) is 8.62. The van der Waals surface area contributed by atoms with Gasteiger partial charge >= 0.3 is 6.03 Å². The molecule has 2 rings (SSSR count). The number of aromatic nitrogens is 1. The monoisotopic (exact) mass is 318 g/mol. The molecule has 0 bridgehead atoms. The molecule has 1 atom stereocenters. The Balaban J connectivity index is 1.73. The highest BCUT2D eigenvalue weighted by Crippen LogP contribution is 2.14. The van der Waals surface area contributed by atoms with Gasteiger partial charge in [-0.05, 0) is 70.3 Å². The first-order chi connectivity index (χ1) is 11.0. The molecule has 2 heterocycles. The van der Waals surface area contributed by atoms with Crippen LogP contribution in [-0.4, -0.2) is 53.5 Å². The molecule has 23 heavy (non-hydrogen) atoms. The highest BCUT2D eigenvalue weighted by molar-refractivity contribution is 5.73. The van der Waals surface area contributed by atoms with E-state index in [1.165, 1.54) is 31.5 Å². The van der Waals surface area contributed by atoms with E-state index in [1.54, 1.807) is 4.90 Å². The molecule has 2 amide bonds. The second kappa shape index (κ2) is 8.29. The second-order valence-electron chi connectivity index (χ2n) is 6.71. The third-order valence-electron chi connectivity index (χ3n) is 4.78. The molecule has 5 nitrogen and oxygen atoms in total. The van der Waals surface area contributed by atoms with Gasteiger partial charge in [0.25, 0.3) is 0 Å². The number of carbonyl (C=O) groups excluding carboxylic acids is 1. The van der Waals surface area contributed by atoms with E-state index in [2.05, 4.69) is 29.0 Å². The van der Waals surface area contributed by atoms with Gasteiger partial charge in [0.2, 0.25) is 0 Å². The molecule has 0 unspecified atom stereocenters. The van der Waals surface area contributed by atoms with Crippen molar-refractivity contribution in [2.45, 2.75) is 52.6 Å². The Morgan fingerprint density at radius 1 is 1.39 bits per heavy atom. The quantitative estimate of drug-likeness (QED) is 0.877. The van der Waals surface area contributed by atoms with Crippen LogP contribution in [0.2, 0.25) is 0 Å². The zero-order valence-corrected chi connectivity index (χ0v) is 14.9. The minimum atomic E-state index is -0.0152. The van der Waals surface area contributed by atoms with Gasteiger partial charge < -0.3 is 15.1 Å². The first-order valence-corrected chi connectivity index (χ1v) is 8.62. The van der Waals surface area contributed by atoms with Gasteiger partial charge in [0, 0.05) is 38.1 Å². The molecule has 128 valence electrons. The summed E-state index contributed by atoms with van der Waals surface area (Å²) in [7, 11) is 1.87. The normalized spacial score (nSPS) is 16.3. The topological polar surface area (TPSA) is 48.5 Å². The lowest BCUT2D eigenvalue weighted by Gasteiger charge is -2.26. The Bertz CT molecular complexity index is 526. The molecular formula is C18H30N4O. The molecule has 0 aromatic carbocycles. The molecule has 1 aromatic heterocycles. The number of carbonyl (C=O) groups is 1. The van der Waals surface area contributed by atoms with Gasteiger partial charge in [0.05, 0.1) is 0 Å². The second-order valence-corrected chi connectivity index (χ2v) is 6.71. The van der Waals surface area contributed by atoms with Crippen molar-refractivity contribution in [3.8, 4) is 0 Å². The van der Waals surface area contributed by atoms with Crippen LogP contribution in [0.1, 0.15) is 43.0 Å². The van der Waals surface area contributed by atoms with Gasteiger partial charge in [-0.1, -0.05) is 0 Å². The molecule has 1 aromatic rings. The summed E-state index contributed by atoms with van der Waals surface area (Å²) in [5.41, 5.74) is 3.25. The van der Waals surface area contributed by atoms with E-state index in [4.69, 9.17) is 0 Å². The summed E-state index contributed by atoms with van der Waals surface area (Å²) < 4.78 is 0. The summed E-state index contributed by atoms with van der Waals surface area (Å²) >= 11 is 0. The summed E-state index contributed by atoms with van der Waals surface area (Å²) in [6.07, 6.45) is 5.49. The van der Waals surface area contributed by atoms with Crippen molar-refractivity contribution in [3.05, 3.63) is 29.1 Å². The molecule has 1 aliphatic rings. The molecule has 5 heteroatoms. The maximum absolute atomic E-state index is 12.2. The third-order valence-corrected chi connectivity index (χ3v) is 4.78. The number of nitrogens with one attached hydrogen (secondary N) is 1. The van der Waals surface area contributed by atoms with Crippen molar-refractivity contribution in [1.29, 1.82) is 0 Å². The molecule has 0 aliphatic carbocycles. The summed E-state index contributed by atoms with van der Waals surface area (Å²) in [5.74, 6) is 0. The van der Waals surface area contributed by atoms with Crippen LogP contribution >= 0.6 is 0 Å². The van der Waals surface area contributed by atoms with Gasteiger partial charge in [0.15, 0.2) is 0 Å². The van der Waals surface area contributed by atoms with Crippen LogP contribution in [0, 0.1) is 13.8 Å². The van der Waals surface area contributed by atoms with E-state index in [9.17, 15) is 4.79 Å². The maximum Gasteiger partial charge on any atom is 0.317 e. The standard InChI is InChI=1S/C18H30N4O/c1-14-11-15(2)19-12-17(14)13-20-18(23)21(4)10-7-16(3)22-8-5-6-9-22/h11-12,16H,5-10,13H2,1-4H3,(H,20,23)/t16-/m1/s1. The Kier molecular flexibility index (Phi) is 6.39. The van der Waals surface area contributed by atoms with Gasteiger partial charge in [-0.3, -0.25) is 4.98 Å². The van der Waals surface area contributed by atoms with Crippen molar-refractivity contribution in [2.75, 3.05) is 26.7 Å². The summed E-state index contributed by atoms with van der Waals surface area (Å²) in [6, 6.07) is 2.58. The summed E-state index contributed by atoms with van der Waals surface area (Å²) in [4.78, 5) is 20.8. The molecule has 1 saturated heterocycles. The Morgan fingerprint density at radius 2 is 2.09 bits per heavy atom. The number of urea groups is 1. The van der Waals surface area contributed by atoms with Crippen LogP contribution in [0.5, 0.6) is 0 Å². The minimum Gasteiger partial charge on any atom is -0.334 e. The van der Waals surface area contributed by atoms with Crippen molar-refractivity contribution >= 4 is 6.03 Å². The molecule has 1 aliphatic heterocycles. The van der Waals surface area contributed by atoms with Crippen molar-refractivity contribution in [1.82, 2.24) is 20.1 Å². The fourth-order valence-corrected chi connectivity index (χ4v) is 3.06. The Morgan fingerprint density at radius 3 is 2.74 bits per heavy atom. The van der Waals surface area contributed by atoms with Crippen LogP contribution in [0.4, 0.5) is 4.79 Å². The van der Waals surface area contributed by atoms with E-state index in [1.807, 2.05) is 26.2 Å². The maximum atomic E-state index is 12.2. The van der Waals surface area contributed by atoms with Gasteiger partial charge in [-0.25, -0.2) is 4.79 Å². The van der Waals surface area contributed by atoms with E-state index in [0.29, 0.717) is 12.6 Å². The number of nitrogens with zero attached hydrogens (tertiary/aromatic N) is 3. The van der Waals surface area contributed by atoms with Gasteiger partial charge in [-0.2, -0.15) is 0 Å². The van der Waals surface area contributed by atoms with Crippen LogP contribution < -0.4 is 5.32 Å². The summed E-state index contributed by atoms with van der Waals surface area (Å²) in [6.45, 7) is 10.0. The fourth-order valence-electron chi connectivity index (χ4n) is 3.06.